The summed E-state index contributed by atoms with van der Waals surface area (Å²) in [4.78, 5) is 26.1. The van der Waals surface area contributed by atoms with Crippen molar-refractivity contribution in [3.05, 3.63) is 23.5 Å². The number of hydrogen-bond acceptors (Lipinski definition) is 2. The first-order valence-corrected chi connectivity index (χ1v) is 7.98. The highest BCUT2D eigenvalue weighted by atomic mass is 16.4. The van der Waals surface area contributed by atoms with E-state index >= 15 is 0 Å². The Morgan fingerprint density at radius 3 is 2.19 bits per heavy atom. The lowest BCUT2D eigenvalue weighted by atomic mass is 9.48. The molecular weight excluding hydrogens is 266 g/mol. The highest BCUT2D eigenvalue weighted by Crippen LogP contribution is 2.61. The van der Waals surface area contributed by atoms with Gasteiger partial charge in [-0.25, -0.2) is 4.79 Å². The second-order valence-electron chi connectivity index (χ2n) is 7.62. The first kappa shape index (κ1) is 13.1. The number of rotatable bonds is 4. The van der Waals surface area contributed by atoms with Gasteiger partial charge in [0.05, 0.1) is 0 Å². The van der Waals surface area contributed by atoms with Crippen molar-refractivity contribution in [2.45, 2.75) is 44.9 Å². The van der Waals surface area contributed by atoms with Crippen LogP contribution in [0.3, 0.4) is 0 Å². The quantitative estimate of drug-likeness (QED) is 0.833. The molecule has 4 bridgehead atoms. The molecule has 1 aromatic heterocycles. The van der Waals surface area contributed by atoms with Crippen LogP contribution in [0.2, 0.25) is 0 Å². The van der Waals surface area contributed by atoms with Crippen LogP contribution in [0.25, 0.3) is 0 Å². The van der Waals surface area contributed by atoms with Crippen LogP contribution in [0.5, 0.6) is 0 Å². The lowest BCUT2D eigenvalue weighted by molar-refractivity contribution is -0.0524. The molecule has 0 radical (unpaired) electrons. The van der Waals surface area contributed by atoms with E-state index in [2.05, 4.69) is 4.98 Å². The third-order valence-electron chi connectivity index (χ3n) is 5.94. The molecule has 0 aliphatic heterocycles. The zero-order valence-corrected chi connectivity index (χ0v) is 12.1. The van der Waals surface area contributed by atoms with Crippen molar-refractivity contribution in [1.82, 2.24) is 4.98 Å². The van der Waals surface area contributed by atoms with Gasteiger partial charge in [0, 0.05) is 18.2 Å². The van der Waals surface area contributed by atoms with E-state index in [1.807, 2.05) is 0 Å². The molecule has 0 amide bonds. The minimum absolute atomic E-state index is 0.101. The normalized spacial score (nSPS) is 36.9. The summed E-state index contributed by atoms with van der Waals surface area (Å²) < 4.78 is 0. The SMILES string of the molecule is O=C(CC12CC3CC(CC(C3)C1)C2)c1c[nH]c(C(=O)O)c1. The molecule has 1 heterocycles. The summed E-state index contributed by atoms with van der Waals surface area (Å²) in [5, 5.41) is 8.94. The summed E-state index contributed by atoms with van der Waals surface area (Å²) in [5.74, 6) is 1.61. The third-order valence-corrected chi connectivity index (χ3v) is 5.94. The third kappa shape index (κ3) is 2.21. The Labute approximate surface area is 123 Å². The van der Waals surface area contributed by atoms with Gasteiger partial charge in [0.1, 0.15) is 5.69 Å². The molecule has 0 atom stereocenters. The predicted octanol–water partition coefficient (Wildman–Crippen LogP) is 3.50. The fourth-order valence-corrected chi connectivity index (χ4v) is 5.63. The number of Topliss-reactive ketones (excluding diaryl/α,β-unsaturated/α-hetero) is 1. The zero-order valence-electron chi connectivity index (χ0n) is 12.1. The van der Waals surface area contributed by atoms with E-state index in [-0.39, 0.29) is 16.9 Å². The average Bonchev–Trinajstić information content (AvgIpc) is 2.85. The van der Waals surface area contributed by atoms with Gasteiger partial charge in [-0.05, 0) is 67.8 Å². The number of carboxylic acids is 1. The number of carbonyl (C=O) groups is 2. The number of H-pyrrole nitrogens is 1. The van der Waals surface area contributed by atoms with E-state index in [0.717, 1.165) is 17.8 Å². The summed E-state index contributed by atoms with van der Waals surface area (Å²) in [5.41, 5.74) is 0.846. The zero-order chi connectivity index (χ0) is 14.6. The minimum atomic E-state index is -1.01. The van der Waals surface area contributed by atoms with Crippen LogP contribution >= 0.6 is 0 Å². The van der Waals surface area contributed by atoms with Crippen LogP contribution in [0.4, 0.5) is 0 Å². The second kappa shape index (κ2) is 4.46. The molecule has 4 heteroatoms. The monoisotopic (exact) mass is 287 g/mol. The molecule has 4 fully saturated rings. The number of carbonyl (C=O) groups excluding carboxylic acids is 1. The second-order valence-corrected chi connectivity index (χ2v) is 7.62. The largest absolute Gasteiger partial charge is 0.477 e. The lowest BCUT2D eigenvalue weighted by Gasteiger charge is -2.56. The van der Waals surface area contributed by atoms with Gasteiger partial charge in [-0.15, -0.1) is 0 Å². The van der Waals surface area contributed by atoms with Crippen molar-refractivity contribution >= 4 is 11.8 Å². The van der Waals surface area contributed by atoms with Crippen molar-refractivity contribution in [3.63, 3.8) is 0 Å². The standard InChI is InChI=1S/C17H21NO3/c19-15(13-4-14(16(20)21)18-9-13)8-17-5-10-1-11(6-17)3-12(2-10)7-17/h4,9-12,18H,1-3,5-8H2,(H,20,21). The fraction of sp³-hybridized carbons (Fsp3) is 0.647. The van der Waals surface area contributed by atoms with Crippen LogP contribution in [0.15, 0.2) is 12.3 Å². The Kier molecular flexibility index (Phi) is 2.78. The molecule has 4 aliphatic carbocycles. The average molecular weight is 287 g/mol. The van der Waals surface area contributed by atoms with Crippen molar-refractivity contribution in [2.24, 2.45) is 23.2 Å². The van der Waals surface area contributed by atoms with Gasteiger partial charge >= 0.3 is 5.97 Å². The van der Waals surface area contributed by atoms with Gasteiger partial charge in [0.25, 0.3) is 0 Å². The molecule has 0 saturated heterocycles. The number of aromatic nitrogens is 1. The van der Waals surface area contributed by atoms with Gasteiger partial charge in [-0.1, -0.05) is 0 Å². The van der Waals surface area contributed by atoms with Crippen molar-refractivity contribution in [2.75, 3.05) is 0 Å². The number of carboxylic acid groups (broad SMARTS) is 1. The maximum absolute atomic E-state index is 12.6. The van der Waals surface area contributed by atoms with E-state index in [4.69, 9.17) is 5.11 Å². The smallest absolute Gasteiger partial charge is 0.352 e. The van der Waals surface area contributed by atoms with Gasteiger partial charge in [0.2, 0.25) is 0 Å². The molecule has 4 saturated carbocycles. The number of hydrogen-bond donors (Lipinski definition) is 2. The van der Waals surface area contributed by atoms with Crippen LogP contribution in [-0.4, -0.2) is 21.8 Å². The van der Waals surface area contributed by atoms with Crippen LogP contribution < -0.4 is 0 Å². The maximum atomic E-state index is 12.6. The number of ketones is 1. The molecule has 4 nitrogen and oxygen atoms in total. The molecule has 21 heavy (non-hydrogen) atoms. The van der Waals surface area contributed by atoms with Crippen LogP contribution in [0.1, 0.15) is 65.8 Å². The Bertz CT molecular complexity index is 566. The predicted molar refractivity (Wildman–Crippen MR) is 77.3 cm³/mol. The summed E-state index contributed by atoms with van der Waals surface area (Å²) >= 11 is 0. The van der Waals surface area contributed by atoms with Gasteiger partial charge in [-0.2, -0.15) is 0 Å². The van der Waals surface area contributed by atoms with Gasteiger partial charge in [0.15, 0.2) is 5.78 Å². The van der Waals surface area contributed by atoms with E-state index in [9.17, 15) is 9.59 Å². The molecule has 4 aliphatic rings. The van der Waals surface area contributed by atoms with Gasteiger partial charge in [-0.3, -0.25) is 4.79 Å². The van der Waals surface area contributed by atoms with E-state index in [1.54, 1.807) is 6.20 Å². The first-order chi connectivity index (χ1) is 10.0. The Morgan fingerprint density at radius 1 is 1.14 bits per heavy atom. The maximum Gasteiger partial charge on any atom is 0.352 e. The van der Waals surface area contributed by atoms with Crippen LogP contribution in [-0.2, 0) is 0 Å². The molecular formula is C17H21NO3. The first-order valence-electron chi connectivity index (χ1n) is 7.98. The molecule has 0 aromatic carbocycles. The van der Waals surface area contributed by atoms with E-state index in [0.29, 0.717) is 12.0 Å². The van der Waals surface area contributed by atoms with E-state index < -0.39 is 5.97 Å². The Morgan fingerprint density at radius 2 is 1.71 bits per heavy atom. The summed E-state index contributed by atoms with van der Waals surface area (Å²) in [6, 6.07) is 1.48. The fourth-order valence-electron chi connectivity index (χ4n) is 5.63. The summed E-state index contributed by atoms with van der Waals surface area (Å²) in [7, 11) is 0. The van der Waals surface area contributed by atoms with Crippen LogP contribution in [0, 0.1) is 23.2 Å². The number of nitrogens with one attached hydrogen (secondary N) is 1. The highest BCUT2D eigenvalue weighted by molar-refractivity contribution is 5.98. The number of aromatic carboxylic acids is 1. The Balaban J connectivity index is 1.52. The minimum Gasteiger partial charge on any atom is -0.477 e. The van der Waals surface area contributed by atoms with Gasteiger partial charge < -0.3 is 10.1 Å². The van der Waals surface area contributed by atoms with Crippen molar-refractivity contribution in [3.8, 4) is 0 Å². The molecule has 1 aromatic rings. The molecule has 2 N–H and O–H groups in total. The summed E-state index contributed by atoms with van der Waals surface area (Å²) in [6.07, 6.45) is 9.91. The van der Waals surface area contributed by atoms with Crippen molar-refractivity contribution < 1.29 is 14.7 Å². The molecule has 5 rings (SSSR count). The molecule has 0 spiro atoms. The van der Waals surface area contributed by atoms with Crippen molar-refractivity contribution in [1.29, 1.82) is 0 Å². The van der Waals surface area contributed by atoms with E-state index in [1.165, 1.54) is 44.6 Å². The molecule has 112 valence electrons. The topological polar surface area (TPSA) is 70.2 Å². The molecule has 0 unspecified atom stereocenters. The number of aromatic amines is 1. The highest BCUT2D eigenvalue weighted by Gasteiger charge is 2.51. The summed E-state index contributed by atoms with van der Waals surface area (Å²) in [6.45, 7) is 0. The Hall–Kier alpha value is -1.58. The lowest BCUT2D eigenvalue weighted by Crippen LogP contribution is -2.46.